The van der Waals surface area contributed by atoms with Crippen LogP contribution in [-0.4, -0.2) is 26.6 Å². The van der Waals surface area contributed by atoms with E-state index < -0.39 is 16.1 Å². The molecule has 0 fully saturated rings. The van der Waals surface area contributed by atoms with Crippen LogP contribution in [-0.2, 0) is 27.7 Å². The van der Waals surface area contributed by atoms with Gasteiger partial charge in [-0.25, -0.2) is 8.42 Å². The van der Waals surface area contributed by atoms with Crippen LogP contribution in [0, 0.1) is 13.8 Å². The molecule has 31 heavy (non-hydrogen) atoms. The van der Waals surface area contributed by atoms with Crippen LogP contribution >= 0.6 is 0 Å². The summed E-state index contributed by atoms with van der Waals surface area (Å²) in [5.74, 6) is -0.280. The van der Waals surface area contributed by atoms with Gasteiger partial charge >= 0.3 is 0 Å². The minimum absolute atomic E-state index is 0.200. The van der Waals surface area contributed by atoms with E-state index in [-0.39, 0.29) is 11.9 Å². The highest BCUT2D eigenvalue weighted by atomic mass is 32.2. The van der Waals surface area contributed by atoms with E-state index >= 15 is 0 Å². The zero-order chi connectivity index (χ0) is 22.8. The van der Waals surface area contributed by atoms with E-state index in [0.29, 0.717) is 12.1 Å². The Morgan fingerprint density at radius 1 is 1.03 bits per heavy atom. The molecule has 1 N–H and O–H groups in total. The second kappa shape index (κ2) is 9.43. The molecule has 0 aromatic heterocycles. The molecule has 0 bridgehead atoms. The summed E-state index contributed by atoms with van der Waals surface area (Å²) in [6.07, 6.45) is 6.17. The maximum atomic E-state index is 13.3. The molecule has 0 radical (unpaired) electrons. The van der Waals surface area contributed by atoms with E-state index in [2.05, 4.69) is 23.5 Å². The van der Waals surface area contributed by atoms with Crippen molar-refractivity contribution in [1.29, 1.82) is 0 Å². The summed E-state index contributed by atoms with van der Waals surface area (Å²) < 4.78 is 26.7. The monoisotopic (exact) mass is 442 g/mol. The van der Waals surface area contributed by atoms with E-state index in [1.807, 2.05) is 45.9 Å². The number of hydrogen-bond acceptors (Lipinski definition) is 3. The number of benzene rings is 2. The third-order valence-electron chi connectivity index (χ3n) is 6.02. The number of fused-ring (bicyclic) bond motifs is 1. The van der Waals surface area contributed by atoms with E-state index in [1.165, 1.54) is 28.3 Å². The summed E-state index contributed by atoms with van der Waals surface area (Å²) >= 11 is 0. The quantitative estimate of drug-likeness (QED) is 0.681. The summed E-state index contributed by atoms with van der Waals surface area (Å²) in [5, 5.41) is 3.06. The number of anilines is 1. The van der Waals surface area contributed by atoms with Gasteiger partial charge in [-0.2, -0.15) is 0 Å². The van der Waals surface area contributed by atoms with Crippen molar-refractivity contribution >= 4 is 21.6 Å². The fourth-order valence-electron chi connectivity index (χ4n) is 4.55. The van der Waals surface area contributed by atoms with Crippen LogP contribution in [0.25, 0.3) is 0 Å². The van der Waals surface area contributed by atoms with E-state index in [9.17, 15) is 13.2 Å². The number of sulfonamides is 1. The summed E-state index contributed by atoms with van der Waals surface area (Å²) in [7, 11) is -3.65. The van der Waals surface area contributed by atoms with Crippen molar-refractivity contribution < 1.29 is 13.2 Å². The fourth-order valence-corrected chi connectivity index (χ4v) is 5.75. The number of amides is 1. The molecular weight excluding hydrogens is 408 g/mol. The Labute approximate surface area is 186 Å². The lowest BCUT2D eigenvalue weighted by Gasteiger charge is -2.31. The minimum atomic E-state index is -3.65. The SMILES string of the molecule is CC[C@@H](C(=O)N[C@H](C)c1ccc2c(c1)CCCC2)N(c1cc(C)cc(C)c1)S(C)(=O)=O. The van der Waals surface area contributed by atoms with Crippen molar-refractivity contribution in [2.45, 2.75) is 71.9 Å². The van der Waals surface area contributed by atoms with E-state index in [0.717, 1.165) is 35.8 Å². The van der Waals surface area contributed by atoms with Crippen molar-refractivity contribution in [2.24, 2.45) is 0 Å². The second-order valence-electron chi connectivity index (χ2n) is 8.79. The number of nitrogens with one attached hydrogen (secondary N) is 1. The highest BCUT2D eigenvalue weighted by Gasteiger charge is 2.32. The average molecular weight is 443 g/mol. The molecular formula is C25H34N2O3S. The molecule has 0 spiro atoms. The molecule has 3 rings (SSSR count). The maximum Gasteiger partial charge on any atom is 0.244 e. The molecule has 1 aliphatic carbocycles. The van der Waals surface area contributed by atoms with Gasteiger partial charge in [0.05, 0.1) is 18.0 Å². The Morgan fingerprint density at radius 3 is 2.23 bits per heavy atom. The van der Waals surface area contributed by atoms with Crippen molar-refractivity contribution in [3.63, 3.8) is 0 Å². The van der Waals surface area contributed by atoms with Crippen LogP contribution in [0.5, 0.6) is 0 Å². The number of carbonyl (C=O) groups is 1. The maximum absolute atomic E-state index is 13.3. The average Bonchev–Trinajstić information content (AvgIpc) is 2.69. The molecule has 6 heteroatoms. The predicted molar refractivity (Wildman–Crippen MR) is 127 cm³/mol. The fraction of sp³-hybridized carbons (Fsp3) is 0.480. The van der Waals surface area contributed by atoms with Crippen LogP contribution in [0.2, 0.25) is 0 Å². The van der Waals surface area contributed by atoms with Crippen molar-refractivity contribution in [1.82, 2.24) is 5.32 Å². The number of nitrogens with zero attached hydrogens (tertiary/aromatic N) is 1. The number of carbonyl (C=O) groups excluding carboxylic acids is 1. The normalized spacial score (nSPS) is 15.6. The third kappa shape index (κ3) is 5.48. The van der Waals surface area contributed by atoms with Crippen molar-refractivity contribution in [3.05, 3.63) is 64.2 Å². The van der Waals surface area contributed by atoms with Gasteiger partial charge in [-0.05, 0) is 92.8 Å². The molecule has 0 heterocycles. The van der Waals surface area contributed by atoms with Gasteiger partial charge in [0, 0.05) is 0 Å². The molecule has 168 valence electrons. The number of aryl methyl sites for hydroxylation is 4. The Balaban J connectivity index is 1.86. The van der Waals surface area contributed by atoms with Crippen LogP contribution < -0.4 is 9.62 Å². The van der Waals surface area contributed by atoms with Crippen LogP contribution in [0.3, 0.4) is 0 Å². The summed E-state index contributed by atoms with van der Waals surface area (Å²) in [5.41, 5.74) is 6.27. The summed E-state index contributed by atoms with van der Waals surface area (Å²) in [6.45, 7) is 7.65. The highest BCUT2D eigenvalue weighted by Crippen LogP contribution is 2.27. The summed E-state index contributed by atoms with van der Waals surface area (Å²) in [6, 6.07) is 11.1. The van der Waals surface area contributed by atoms with Gasteiger partial charge in [-0.1, -0.05) is 31.2 Å². The standard InChI is InChI=1S/C25H34N2O3S/c1-6-24(27(31(5,29)30)23-14-17(2)13-18(3)15-23)25(28)26-19(4)21-12-11-20-9-7-8-10-22(20)16-21/h11-16,19,24H,6-10H2,1-5H3,(H,26,28)/t19-,24+/m1/s1. The Kier molecular flexibility index (Phi) is 7.10. The molecule has 0 saturated heterocycles. The van der Waals surface area contributed by atoms with Gasteiger partial charge in [0.25, 0.3) is 0 Å². The lowest BCUT2D eigenvalue weighted by molar-refractivity contribution is -0.122. The first kappa shape index (κ1) is 23.3. The molecule has 1 amide bonds. The molecule has 0 unspecified atom stereocenters. The van der Waals surface area contributed by atoms with Gasteiger partial charge in [0.15, 0.2) is 0 Å². The Morgan fingerprint density at radius 2 is 1.65 bits per heavy atom. The molecule has 1 aliphatic rings. The largest absolute Gasteiger partial charge is 0.348 e. The minimum Gasteiger partial charge on any atom is -0.348 e. The van der Waals surface area contributed by atoms with E-state index in [1.54, 1.807) is 0 Å². The summed E-state index contributed by atoms with van der Waals surface area (Å²) in [4.78, 5) is 13.3. The highest BCUT2D eigenvalue weighted by molar-refractivity contribution is 7.92. The molecule has 2 atom stereocenters. The molecule has 0 aliphatic heterocycles. The van der Waals surface area contributed by atoms with Gasteiger partial charge < -0.3 is 5.32 Å². The number of hydrogen-bond donors (Lipinski definition) is 1. The topological polar surface area (TPSA) is 66.5 Å². The van der Waals surface area contributed by atoms with Crippen LogP contribution in [0.4, 0.5) is 5.69 Å². The third-order valence-corrected chi connectivity index (χ3v) is 7.20. The molecule has 0 saturated carbocycles. The first-order valence-electron chi connectivity index (χ1n) is 11.1. The second-order valence-corrected chi connectivity index (χ2v) is 10.7. The lowest BCUT2D eigenvalue weighted by atomic mass is 9.89. The van der Waals surface area contributed by atoms with Crippen molar-refractivity contribution in [3.8, 4) is 0 Å². The lowest BCUT2D eigenvalue weighted by Crippen LogP contribution is -2.49. The molecule has 2 aromatic rings. The van der Waals surface area contributed by atoms with Gasteiger partial charge in [-0.15, -0.1) is 0 Å². The smallest absolute Gasteiger partial charge is 0.244 e. The first-order chi connectivity index (χ1) is 14.6. The molecule has 2 aromatic carbocycles. The van der Waals surface area contributed by atoms with E-state index in [4.69, 9.17) is 0 Å². The van der Waals surface area contributed by atoms with Gasteiger partial charge in [-0.3, -0.25) is 9.10 Å². The first-order valence-corrected chi connectivity index (χ1v) is 12.9. The zero-order valence-corrected chi connectivity index (χ0v) is 20.1. The van der Waals surface area contributed by atoms with Crippen molar-refractivity contribution in [2.75, 3.05) is 10.6 Å². The van der Waals surface area contributed by atoms with Gasteiger partial charge in [0.1, 0.15) is 6.04 Å². The predicted octanol–water partition coefficient (Wildman–Crippen LogP) is 4.60. The Bertz CT molecular complexity index is 1040. The number of rotatable bonds is 7. The Hall–Kier alpha value is -2.34. The van der Waals surface area contributed by atoms with Gasteiger partial charge in [0.2, 0.25) is 15.9 Å². The van der Waals surface area contributed by atoms with Crippen LogP contribution in [0.1, 0.15) is 67.0 Å². The zero-order valence-electron chi connectivity index (χ0n) is 19.2. The molecule has 5 nitrogen and oxygen atoms in total. The van der Waals surface area contributed by atoms with Crippen LogP contribution in [0.15, 0.2) is 36.4 Å².